The van der Waals surface area contributed by atoms with E-state index in [-0.39, 0.29) is 0 Å². The second-order valence-corrected chi connectivity index (χ2v) is 4.65. The predicted molar refractivity (Wildman–Crippen MR) is 46.0 cm³/mol. The summed E-state index contributed by atoms with van der Waals surface area (Å²) in [6, 6.07) is 0. The normalized spacial score (nSPS) is 23.8. The van der Waals surface area contributed by atoms with Crippen molar-refractivity contribution in [1.82, 2.24) is 4.72 Å². The first kappa shape index (κ1) is 7.29. The molecular weight excluding hydrogens is 130 g/mol. The summed E-state index contributed by atoms with van der Waals surface area (Å²) >= 11 is 0. The van der Waals surface area contributed by atoms with Gasteiger partial charge < -0.3 is 0 Å². The Hall–Kier alpha value is 0.180. The molecule has 0 aliphatic heterocycles. The van der Waals surface area contributed by atoms with Crippen molar-refractivity contribution in [3.63, 3.8) is 0 Å². The maximum Gasteiger partial charge on any atom is 0.0126 e. The van der Waals surface area contributed by atoms with Crippen molar-refractivity contribution in [1.29, 1.82) is 0 Å². The first-order valence-corrected chi connectivity index (χ1v) is 4.92. The number of hydrogen-bond donors (Lipinski definition) is 1. The molecule has 0 aromatic heterocycles. The summed E-state index contributed by atoms with van der Waals surface area (Å²) < 4.78 is 3.33. The van der Waals surface area contributed by atoms with Gasteiger partial charge >= 0.3 is 0 Å². The van der Waals surface area contributed by atoms with Gasteiger partial charge in [-0.15, -0.1) is 10.7 Å². The number of rotatable bonds is 2. The third-order valence-electron chi connectivity index (χ3n) is 1.90. The lowest BCUT2D eigenvalue weighted by Gasteiger charge is -2.28. The standard InChI is InChI=1S/C7H15NS/c1-3-9(8-2)7-5-4-6-7/h3,7-8H,4-6H2,1-2H3. The minimum Gasteiger partial charge on any atom is -0.273 e. The van der Waals surface area contributed by atoms with E-state index >= 15 is 0 Å². The van der Waals surface area contributed by atoms with Gasteiger partial charge in [-0.1, -0.05) is 6.42 Å². The molecule has 0 radical (unpaired) electrons. The Kier molecular flexibility index (Phi) is 2.73. The molecule has 1 unspecified atom stereocenters. The van der Waals surface area contributed by atoms with E-state index in [0.29, 0.717) is 10.7 Å². The van der Waals surface area contributed by atoms with Crippen LogP contribution in [0.15, 0.2) is 0 Å². The first-order chi connectivity index (χ1) is 4.38. The summed E-state index contributed by atoms with van der Waals surface area (Å²) in [7, 11) is 2.49. The monoisotopic (exact) mass is 145 g/mol. The van der Waals surface area contributed by atoms with E-state index in [1.165, 1.54) is 19.3 Å². The molecule has 0 spiro atoms. The number of hydrogen-bond acceptors (Lipinski definition) is 1. The van der Waals surface area contributed by atoms with Gasteiger partial charge in [-0.2, -0.15) is 0 Å². The highest BCUT2D eigenvalue weighted by Crippen LogP contribution is 2.33. The maximum absolute atomic E-state index is 3.33. The van der Waals surface area contributed by atoms with Crippen LogP contribution in [-0.4, -0.2) is 17.7 Å². The molecule has 1 nitrogen and oxygen atoms in total. The van der Waals surface area contributed by atoms with E-state index in [0.717, 1.165) is 5.25 Å². The molecular formula is C7H15NS. The molecule has 0 aromatic rings. The highest BCUT2D eigenvalue weighted by molar-refractivity contribution is 8.13. The zero-order chi connectivity index (χ0) is 6.69. The summed E-state index contributed by atoms with van der Waals surface area (Å²) in [4.78, 5) is 0. The van der Waals surface area contributed by atoms with Crippen molar-refractivity contribution in [2.45, 2.75) is 31.4 Å². The topological polar surface area (TPSA) is 12.0 Å². The fraction of sp³-hybridized carbons (Fsp3) is 0.857. The molecule has 0 amide bonds. The van der Waals surface area contributed by atoms with E-state index in [9.17, 15) is 0 Å². The average Bonchev–Trinajstić information content (AvgIpc) is 1.78. The van der Waals surface area contributed by atoms with Crippen molar-refractivity contribution in [2.75, 3.05) is 7.05 Å². The van der Waals surface area contributed by atoms with Gasteiger partial charge in [0.15, 0.2) is 0 Å². The molecule has 54 valence electrons. The van der Waals surface area contributed by atoms with Crippen molar-refractivity contribution in [2.24, 2.45) is 0 Å². The average molecular weight is 145 g/mol. The Morgan fingerprint density at radius 3 is 2.33 bits per heavy atom. The number of nitrogens with one attached hydrogen (secondary N) is 1. The Balaban J connectivity index is 2.37. The van der Waals surface area contributed by atoms with Gasteiger partial charge in [0.1, 0.15) is 0 Å². The molecule has 0 heterocycles. The van der Waals surface area contributed by atoms with Crippen molar-refractivity contribution >= 4 is 16.0 Å². The van der Waals surface area contributed by atoms with E-state index in [1.807, 2.05) is 0 Å². The van der Waals surface area contributed by atoms with Crippen LogP contribution in [0.2, 0.25) is 0 Å². The van der Waals surface area contributed by atoms with Crippen LogP contribution in [-0.2, 0) is 0 Å². The van der Waals surface area contributed by atoms with Gasteiger partial charge in [0, 0.05) is 5.25 Å². The second kappa shape index (κ2) is 3.37. The molecule has 1 rings (SSSR count). The van der Waals surface area contributed by atoms with Crippen LogP contribution >= 0.6 is 10.7 Å². The van der Waals surface area contributed by atoms with Crippen molar-refractivity contribution < 1.29 is 0 Å². The fourth-order valence-corrected chi connectivity index (χ4v) is 2.90. The second-order valence-electron chi connectivity index (χ2n) is 2.36. The largest absolute Gasteiger partial charge is 0.273 e. The summed E-state index contributed by atoms with van der Waals surface area (Å²) in [5.41, 5.74) is 0. The molecule has 1 aliphatic rings. The molecule has 0 aromatic carbocycles. The predicted octanol–water partition coefficient (Wildman–Crippen LogP) is 1.76. The lowest BCUT2D eigenvalue weighted by Crippen LogP contribution is -2.20. The van der Waals surface area contributed by atoms with Crippen LogP contribution in [0.25, 0.3) is 0 Å². The smallest absolute Gasteiger partial charge is 0.0126 e. The van der Waals surface area contributed by atoms with Crippen molar-refractivity contribution in [3.05, 3.63) is 0 Å². The van der Waals surface area contributed by atoms with Gasteiger partial charge in [-0.3, -0.25) is 4.72 Å². The molecule has 2 heteroatoms. The zero-order valence-electron chi connectivity index (χ0n) is 6.18. The van der Waals surface area contributed by atoms with Crippen LogP contribution in [0.3, 0.4) is 0 Å². The Labute approximate surface area is 59.9 Å². The summed E-state index contributed by atoms with van der Waals surface area (Å²) in [5.74, 6) is 0. The lowest BCUT2D eigenvalue weighted by atomic mass is 10.0. The van der Waals surface area contributed by atoms with Gasteiger partial charge in [0.05, 0.1) is 0 Å². The molecule has 1 fully saturated rings. The van der Waals surface area contributed by atoms with E-state index in [2.05, 4.69) is 24.1 Å². The third kappa shape index (κ3) is 1.55. The minimum absolute atomic E-state index is 0.429. The van der Waals surface area contributed by atoms with E-state index in [1.54, 1.807) is 0 Å². The highest BCUT2D eigenvalue weighted by atomic mass is 32.2. The molecule has 1 N–H and O–H groups in total. The fourth-order valence-electron chi connectivity index (χ4n) is 1.10. The van der Waals surface area contributed by atoms with Crippen LogP contribution in [0.1, 0.15) is 26.2 Å². The summed E-state index contributed by atoms with van der Waals surface area (Å²) in [6.07, 6.45) is 4.33. The van der Waals surface area contributed by atoms with Crippen LogP contribution in [0, 0.1) is 0 Å². The SMILES string of the molecule is C/C=S(/NC)C1CCC1. The molecule has 0 saturated heterocycles. The van der Waals surface area contributed by atoms with Crippen LogP contribution in [0.4, 0.5) is 0 Å². The Bertz CT molecular complexity index is 116. The van der Waals surface area contributed by atoms with E-state index in [4.69, 9.17) is 0 Å². The third-order valence-corrected chi connectivity index (χ3v) is 4.07. The molecule has 1 atom stereocenters. The van der Waals surface area contributed by atoms with Crippen molar-refractivity contribution in [3.8, 4) is 0 Å². The molecule has 9 heavy (non-hydrogen) atoms. The maximum atomic E-state index is 3.33. The highest BCUT2D eigenvalue weighted by Gasteiger charge is 2.18. The zero-order valence-corrected chi connectivity index (χ0v) is 7.00. The summed E-state index contributed by atoms with van der Waals surface area (Å²) in [6.45, 7) is 2.15. The molecule has 1 aliphatic carbocycles. The Morgan fingerprint density at radius 1 is 1.56 bits per heavy atom. The lowest BCUT2D eigenvalue weighted by molar-refractivity contribution is 0.520. The summed E-state index contributed by atoms with van der Waals surface area (Å²) in [5, 5.41) is 3.27. The van der Waals surface area contributed by atoms with Crippen LogP contribution in [0.5, 0.6) is 0 Å². The van der Waals surface area contributed by atoms with Crippen LogP contribution < -0.4 is 4.72 Å². The van der Waals surface area contributed by atoms with Gasteiger partial charge in [0.25, 0.3) is 0 Å². The van der Waals surface area contributed by atoms with Gasteiger partial charge in [-0.05, 0) is 32.2 Å². The first-order valence-electron chi connectivity index (χ1n) is 3.57. The Morgan fingerprint density at radius 2 is 2.22 bits per heavy atom. The van der Waals surface area contributed by atoms with E-state index < -0.39 is 0 Å². The quantitative estimate of drug-likeness (QED) is 0.584. The molecule has 1 saturated carbocycles. The van der Waals surface area contributed by atoms with Gasteiger partial charge in [-0.25, -0.2) is 0 Å². The molecule has 0 bridgehead atoms. The minimum atomic E-state index is 0.429. The van der Waals surface area contributed by atoms with Gasteiger partial charge in [0.2, 0.25) is 0 Å².